The first-order chi connectivity index (χ1) is 62.2. The van der Waals surface area contributed by atoms with Gasteiger partial charge in [-0.15, -0.1) is 0 Å². The van der Waals surface area contributed by atoms with Crippen LogP contribution in [0.3, 0.4) is 0 Å². The molecule has 0 aromatic heterocycles. The number of benzene rings is 14. The fourth-order valence-corrected chi connectivity index (χ4v) is 10.0. The number of para-hydroxylation sites is 1. The molecular weight excluding hydrogens is 2010 g/mol. The van der Waals surface area contributed by atoms with E-state index < -0.39 is 29.8 Å². The molecule has 14 aromatic rings. The van der Waals surface area contributed by atoms with Gasteiger partial charge in [0.2, 0.25) is 0 Å². The standard InChI is InChI=1S/C16H13O2.C15H11O2.C14H11O2.C14H12.C13H9O2.C12H10.C9H7O2.C8H8.8C2H6.5Y/c1-2-16(17)18-12-13-8-10-15(11-9-13)14-6-4-3-5-7-14;1-2-15(16)17-14-10-8-13(9-11-14)12-6-4-3-5-7-12;1-2-14(15)16-10-11-7-8-12-5-3-4-6-13(12)9-11;1-2-12-8-10-14(11-9-12)13-6-4-3-5-7-13;1-2-13(14)15-12-8-7-10-5-3-4-6-11(10)9-12;1-2-10-7-8-11-5-3-4-6-12(11)9-10;1-2-9(10)11-8-6-4-3-5-7-8;1-2-8-6-4-3-5-7-8;8*1-2;;;;;/h3-11H,1,12H2;3-11H,1H2;3-9H,1,10H2;2-11H,1H2;3-9H,1H2;2-9H,1H2;3-7H,1H2;2-7H,1H2;8*1-2H3;;;;;/q3*-1;;-1;;-1;;;;;;;;;;;;;;. The Labute approximate surface area is 917 Å². The molecule has 132 heavy (non-hydrogen) atoms. The van der Waals surface area contributed by atoms with Gasteiger partial charge in [0.1, 0.15) is 42.4 Å². The van der Waals surface area contributed by atoms with Gasteiger partial charge in [0.05, 0.1) is 0 Å². The Morgan fingerprint density at radius 3 is 0.788 bits per heavy atom. The summed E-state index contributed by atoms with van der Waals surface area (Å²) in [5.74, 6) is -1.23. The van der Waals surface area contributed by atoms with E-state index in [1.165, 1.54) is 44.0 Å². The zero-order valence-electron chi connectivity index (χ0n) is 80.3. The van der Waals surface area contributed by atoms with Crippen LogP contribution in [0.25, 0.3) is 83.9 Å². The van der Waals surface area contributed by atoms with Crippen LogP contribution in [0.5, 0.6) is 17.2 Å². The van der Waals surface area contributed by atoms with Crippen LogP contribution in [-0.4, -0.2) is 29.8 Å². The Morgan fingerprint density at radius 1 is 0.220 bits per heavy atom. The molecule has 0 N–H and O–H groups in total. The molecule has 14 rings (SSSR count). The summed E-state index contributed by atoms with van der Waals surface area (Å²) in [6.07, 6.45) is 16.3. The quantitative estimate of drug-likeness (QED) is 0.0354. The molecule has 0 aliphatic rings. The Balaban J connectivity index is -0.000000265. The summed E-state index contributed by atoms with van der Waals surface area (Å²) in [7, 11) is 0. The normalized spacial score (nSPS) is 8.45. The van der Waals surface area contributed by atoms with E-state index in [4.69, 9.17) is 23.7 Å². The van der Waals surface area contributed by atoms with Gasteiger partial charge in [-0.05, 0) is 142 Å². The number of esters is 5. The Morgan fingerprint density at radius 2 is 0.447 bits per heavy atom. The van der Waals surface area contributed by atoms with Crippen LogP contribution < -0.4 is 14.2 Å². The number of carbonyl (C=O) groups is 5. The van der Waals surface area contributed by atoms with Gasteiger partial charge in [0, 0.05) is 164 Å². The topological polar surface area (TPSA) is 132 Å². The average Bonchev–Trinajstić information content (AvgIpc) is 0.838. The molecule has 5 radical (unpaired) electrons. The molecule has 0 atom stereocenters. The maximum Gasteiger partial charge on any atom is 0.155 e. The van der Waals surface area contributed by atoms with Gasteiger partial charge in [0.15, 0.2) is 17.9 Å². The molecule has 15 heteroatoms. The first-order valence-electron chi connectivity index (χ1n) is 42.8. The van der Waals surface area contributed by atoms with E-state index in [1.807, 2.05) is 335 Å². The fraction of sp³-hybridized carbons (Fsp3) is 0.154. The monoisotopic (exact) mass is 2140 g/mol. The number of fused-ring (bicyclic) bond motifs is 3. The molecule has 0 unspecified atom stereocenters. The first kappa shape index (κ1) is 136. The van der Waals surface area contributed by atoms with Gasteiger partial charge in [-0.25, -0.2) is 0 Å². The zero-order chi connectivity index (χ0) is 95.1. The summed E-state index contributed by atoms with van der Waals surface area (Å²) in [5, 5.41) is 7.01. The number of ether oxygens (including phenoxy) is 5. The number of hydrogen-bond donors (Lipinski definition) is 0. The van der Waals surface area contributed by atoms with Crippen molar-refractivity contribution in [3.05, 3.63) is 463 Å². The van der Waals surface area contributed by atoms with E-state index in [2.05, 4.69) is 186 Å². The number of carbonyl (C=O) groups excluding carboxylic acids is 5. The molecule has 0 spiro atoms. The minimum absolute atomic E-state index is 0. The number of hydrogen-bond acceptors (Lipinski definition) is 10. The molecule has 14 aromatic carbocycles. The molecule has 0 heterocycles. The molecule has 0 bridgehead atoms. The second-order valence-electron chi connectivity index (χ2n) is 23.3. The summed E-state index contributed by atoms with van der Waals surface area (Å²) in [6, 6.07) is 115. The average molecular weight is 2140 g/mol. The van der Waals surface area contributed by atoms with Crippen LogP contribution in [0.2, 0.25) is 0 Å². The smallest absolute Gasteiger partial charge is 0.155 e. The second kappa shape index (κ2) is 92.1. The summed E-state index contributed by atoms with van der Waals surface area (Å²) in [5.41, 5.74) is 12.4. The van der Waals surface area contributed by atoms with Crippen LogP contribution in [-0.2, 0) is 210 Å². The predicted octanol–water partition coefficient (Wildman–Crippen LogP) is 31.8. The van der Waals surface area contributed by atoms with E-state index in [0.717, 1.165) is 49.5 Å². The third kappa shape index (κ3) is 59.3. The maximum atomic E-state index is 10.9. The second-order valence-corrected chi connectivity index (χ2v) is 23.3. The maximum absolute atomic E-state index is 10.9. The van der Waals surface area contributed by atoms with Crippen molar-refractivity contribution in [2.75, 3.05) is 0 Å². The van der Waals surface area contributed by atoms with Gasteiger partial charge in [-0.1, -0.05) is 452 Å². The molecule has 0 saturated carbocycles. The minimum Gasteiger partial charge on any atom is -0.485 e. The van der Waals surface area contributed by atoms with E-state index in [0.29, 0.717) is 17.2 Å². The van der Waals surface area contributed by atoms with Crippen molar-refractivity contribution in [2.24, 2.45) is 0 Å². The summed E-state index contributed by atoms with van der Waals surface area (Å²) in [4.78, 5) is 54.2. The van der Waals surface area contributed by atoms with Crippen molar-refractivity contribution in [3.8, 4) is 50.6 Å². The summed E-state index contributed by atoms with van der Waals surface area (Å²) in [6.45, 7) is 59.7. The van der Waals surface area contributed by atoms with E-state index in [9.17, 15) is 24.0 Å². The zero-order valence-corrected chi connectivity index (χ0v) is 94.5. The van der Waals surface area contributed by atoms with E-state index in [1.54, 1.807) is 42.5 Å². The van der Waals surface area contributed by atoms with Gasteiger partial charge < -0.3 is 54.1 Å². The largest absolute Gasteiger partial charge is 0.485 e. The molecule has 0 fully saturated rings. The molecule has 0 amide bonds. The van der Waals surface area contributed by atoms with Crippen molar-refractivity contribution in [2.45, 2.75) is 124 Å². The molecular formula is C117H129O10Y5-5. The fourth-order valence-electron chi connectivity index (χ4n) is 10.0. The van der Waals surface area contributed by atoms with Crippen LogP contribution in [0.15, 0.2) is 404 Å². The van der Waals surface area contributed by atoms with Crippen molar-refractivity contribution in [1.82, 2.24) is 0 Å². The molecule has 0 aliphatic carbocycles. The van der Waals surface area contributed by atoms with Crippen LogP contribution >= 0.6 is 0 Å². The van der Waals surface area contributed by atoms with Gasteiger partial charge >= 0.3 is 0 Å². The van der Waals surface area contributed by atoms with Gasteiger partial charge in [0.25, 0.3) is 0 Å². The van der Waals surface area contributed by atoms with Crippen LogP contribution in [0, 0.1) is 30.4 Å². The number of rotatable bonds is 18. The van der Waals surface area contributed by atoms with Crippen LogP contribution in [0.1, 0.15) is 139 Å². The van der Waals surface area contributed by atoms with Crippen molar-refractivity contribution >= 4 is 80.4 Å². The molecule has 0 saturated heterocycles. The van der Waals surface area contributed by atoms with Crippen molar-refractivity contribution in [3.63, 3.8) is 0 Å². The third-order valence-corrected chi connectivity index (χ3v) is 15.7. The SMILES string of the molecule is C=Cc1ccc(-c2ccccc2)cc1.C=Cc1ccc2ccccc2c1.C=Cc1ccccc1.C=[C-]C(=O)OCc1ccc(-c2ccccc2)cc1.C=[C-]C(=O)OCc1ccc2ccccc2c1.C=[C-]C(=O)Oc1ccc(-c2ccccc2)cc1.C=[C-]C(=O)Oc1ccc2ccccc2c1.C=[C-]C(=O)Oc1ccccc1.CC.CC.CC.CC.CC.CC.CC.CC.[Y].[Y].[Y].[Y].[Y]. The molecule has 677 valence electrons. The predicted molar refractivity (Wildman–Crippen MR) is 542 cm³/mol. The Hall–Kier alpha value is -9.35. The van der Waals surface area contributed by atoms with Crippen molar-refractivity contribution in [1.29, 1.82) is 0 Å². The molecule has 0 aliphatic heterocycles. The van der Waals surface area contributed by atoms with E-state index >= 15 is 0 Å². The van der Waals surface area contributed by atoms with Crippen LogP contribution in [0.4, 0.5) is 0 Å². The first-order valence-corrected chi connectivity index (χ1v) is 42.8. The third-order valence-electron chi connectivity index (χ3n) is 15.7. The van der Waals surface area contributed by atoms with Crippen molar-refractivity contribution < 1.29 is 211 Å². The summed E-state index contributed by atoms with van der Waals surface area (Å²) < 4.78 is 24.5. The molecule has 10 nitrogen and oxygen atoms in total. The van der Waals surface area contributed by atoms with E-state index in [-0.39, 0.29) is 177 Å². The minimum atomic E-state index is -0.572. The van der Waals surface area contributed by atoms with Gasteiger partial charge in [-0.3, -0.25) is 56.9 Å². The Kier molecular flexibility index (Phi) is 94.7. The Bertz CT molecular complexity index is 5340. The summed E-state index contributed by atoms with van der Waals surface area (Å²) >= 11 is 0. The van der Waals surface area contributed by atoms with Gasteiger partial charge in [-0.2, -0.15) is 0 Å².